The van der Waals surface area contributed by atoms with Crippen molar-refractivity contribution in [2.24, 2.45) is 0 Å². The number of rotatable bonds is 20. The maximum Gasteiger partial charge on any atom is 0.326 e. The fourth-order valence-corrected chi connectivity index (χ4v) is 2.92. The van der Waals surface area contributed by atoms with Crippen LogP contribution in [0.3, 0.4) is 0 Å². The molecule has 0 aromatic rings. The smallest absolute Gasteiger partial charge is 0.326 e. The molecular weight excluding hydrogens is 406 g/mol. The molecule has 0 aliphatic carbocycles. The lowest BCUT2D eigenvalue weighted by molar-refractivity contribution is -0.142. The fraction of sp³-hybridized carbons (Fsp3) is 0.577. The van der Waals surface area contributed by atoms with Crippen molar-refractivity contribution >= 4 is 17.8 Å². The molecule has 0 aromatic heterocycles. The third-order valence-corrected chi connectivity index (χ3v) is 4.75. The lowest BCUT2D eigenvalue weighted by Gasteiger charge is -2.13. The van der Waals surface area contributed by atoms with Gasteiger partial charge in [0, 0.05) is 12.8 Å². The molecule has 0 heterocycles. The SMILES string of the molecule is CCCCC/C=C\C/C=C\C/C=C\C/C=C\CCCC(=O)N[C@H](CCCC(=O)O)C(=O)O. The molecule has 0 rings (SSSR count). The first-order chi connectivity index (χ1) is 15.5. The van der Waals surface area contributed by atoms with Crippen LogP contribution in [0.5, 0.6) is 0 Å². The normalized spacial score (nSPS) is 12.9. The van der Waals surface area contributed by atoms with E-state index in [0.29, 0.717) is 6.42 Å². The molecule has 0 bridgehead atoms. The summed E-state index contributed by atoms with van der Waals surface area (Å²) >= 11 is 0. The van der Waals surface area contributed by atoms with E-state index in [0.717, 1.165) is 25.7 Å². The van der Waals surface area contributed by atoms with Crippen molar-refractivity contribution in [3.8, 4) is 0 Å². The van der Waals surface area contributed by atoms with Crippen LogP contribution in [0.1, 0.15) is 90.4 Å². The predicted octanol–water partition coefficient (Wildman–Crippen LogP) is 5.96. The van der Waals surface area contributed by atoms with E-state index in [1.165, 1.54) is 25.7 Å². The Kier molecular flexibility index (Phi) is 19.8. The van der Waals surface area contributed by atoms with Gasteiger partial charge in [-0.25, -0.2) is 4.79 Å². The van der Waals surface area contributed by atoms with Crippen LogP contribution in [0, 0.1) is 0 Å². The van der Waals surface area contributed by atoms with Crippen LogP contribution in [0.2, 0.25) is 0 Å². The quantitative estimate of drug-likeness (QED) is 0.158. The van der Waals surface area contributed by atoms with Gasteiger partial charge in [0.2, 0.25) is 5.91 Å². The number of aliphatic carboxylic acids is 2. The lowest BCUT2D eigenvalue weighted by atomic mass is 10.1. The van der Waals surface area contributed by atoms with Crippen molar-refractivity contribution in [3.63, 3.8) is 0 Å². The third-order valence-electron chi connectivity index (χ3n) is 4.75. The molecule has 0 radical (unpaired) electrons. The molecule has 3 N–H and O–H groups in total. The number of nitrogens with one attached hydrogen (secondary N) is 1. The van der Waals surface area contributed by atoms with Gasteiger partial charge in [-0.2, -0.15) is 0 Å². The Hall–Kier alpha value is -2.63. The van der Waals surface area contributed by atoms with Crippen molar-refractivity contribution in [2.75, 3.05) is 0 Å². The Labute approximate surface area is 193 Å². The summed E-state index contributed by atoms with van der Waals surface area (Å²) < 4.78 is 0. The zero-order valence-electron chi connectivity index (χ0n) is 19.5. The summed E-state index contributed by atoms with van der Waals surface area (Å²) in [6, 6.07) is -1.03. The largest absolute Gasteiger partial charge is 0.481 e. The highest BCUT2D eigenvalue weighted by molar-refractivity contribution is 5.83. The van der Waals surface area contributed by atoms with Gasteiger partial charge in [0.05, 0.1) is 0 Å². The van der Waals surface area contributed by atoms with Gasteiger partial charge < -0.3 is 15.5 Å². The maximum atomic E-state index is 11.9. The first-order valence-corrected chi connectivity index (χ1v) is 11.8. The molecule has 0 saturated heterocycles. The number of hydrogen-bond donors (Lipinski definition) is 3. The summed E-state index contributed by atoms with van der Waals surface area (Å²) in [7, 11) is 0. The van der Waals surface area contributed by atoms with Gasteiger partial charge in [-0.15, -0.1) is 0 Å². The third kappa shape index (κ3) is 20.6. The summed E-state index contributed by atoms with van der Waals surface area (Å²) in [5.74, 6) is -2.42. The van der Waals surface area contributed by atoms with Gasteiger partial charge in [-0.1, -0.05) is 68.4 Å². The van der Waals surface area contributed by atoms with Crippen LogP contribution >= 0.6 is 0 Å². The molecule has 0 fully saturated rings. The van der Waals surface area contributed by atoms with E-state index in [1.807, 2.05) is 6.08 Å². The van der Waals surface area contributed by atoms with E-state index in [1.54, 1.807) is 0 Å². The van der Waals surface area contributed by atoms with Gasteiger partial charge >= 0.3 is 11.9 Å². The van der Waals surface area contributed by atoms with Crippen LogP contribution in [0.25, 0.3) is 0 Å². The summed E-state index contributed by atoms with van der Waals surface area (Å²) in [6.07, 6.45) is 26.8. The van der Waals surface area contributed by atoms with Crippen LogP contribution in [-0.2, 0) is 14.4 Å². The fourth-order valence-electron chi connectivity index (χ4n) is 2.92. The molecule has 0 aliphatic rings. The van der Waals surface area contributed by atoms with Gasteiger partial charge in [0.15, 0.2) is 0 Å². The van der Waals surface area contributed by atoms with E-state index in [2.05, 4.69) is 54.8 Å². The molecule has 1 amide bonds. The number of allylic oxidation sites excluding steroid dienone is 8. The van der Waals surface area contributed by atoms with Crippen molar-refractivity contribution in [2.45, 2.75) is 96.4 Å². The second kappa shape index (κ2) is 21.6. The summed E-state index contributed by atoms with van der Waals surface area (Å²) in [4.78, 5) is 33.5. The van der Waals surface area contributed by atoms with Crippen LogP contribution < -0.4 is 5.32 Å². The number of amides is 1. The molecule has 6 nitrogen and oxygen atoms in total. The molecule has 180 valence electrons. The highest BCUT2D eigenvalue weighted by Crippen LogP contribution is 2.04. The first kappa shape index (κ1) is 29.4. The van der Waals surface area contributed by atoms with Gasteiger partial charge in [0.1, 0.15) is 6.04 Å². The summed E-state index contributed by atoms with van der Waals surface area (Å²) in [5.41, 5.74) is 0. The predicted molar refractivity (Wildman–Crippen MR) is 129 cm³/mol. The summed E-state index contributed by atoms with van der Waals surface area (Å²) in [6.45, 7) is 2.22. The topological polar surface area (TPSA) is 104 Å². The van der Waals surface area contributed by atoms with Crippen LogP contribution in [0.15, 0.2) is 48.6 Å². The number of carboxylic acids is 2. The molecule has 32 heavy (non-hydrogen) atoms. The van der Waals surface area contributed by atoms with Crippen molar-refractivity contribution in [3.05, 3.63) is 48.6 Å². The van der Waals surface area contributed by atoms with Gasteiger partial charge in [-0.3, -0.25) is 9.59 Å². The van der Waals surface area contributed by atoms with Crippen molar-refractivity contribution in [1.82, 2.24) is 5.32 Å². The lowest BCUT2D eigenvalue weighted by Crippen LogP contribution is -2.40. The Morgan fingerprint density at radius 3 is 1.75 bits per heavy atom. The molecule has 0 unspecified atom stereocenters. The first-order valence-electron chi connectivity index (χ1n) is 11.8. The second-order valence-corrected chi connectivity index (χ2v) is 7.73. The molecule has 0 saturated carbocycles. The molecule has 0 spiro atoms. The number of unbranched alkanes of at least 4 members (excludes halogenated alkanes) is 4. The highest BCUT2D eigenvalue weighted by atomic mass is 16.4. The minimum absolute atomic E-state index is 0.105. The van der Waals surface area contributed by atoms with E-state index in [9.17, 15) is 14.4 Å². The number of carbonyl (C=O) groups excluding carboxylic acids is 1. The van der Waals surface area contributed by atoms with E-state index < -0.39 is 18.0 Å². The number of carbonyl (C=O) groups is 3. The molecule has 1 atom stereocenters. The Morgan fingerprint density at radius 1 is 0.719 bits per heavy atom. The van der Waals surface area contributed by atoms with Crippen molar-refractivity contribution < 1.29 is 24.6 Å². The van der Waals surface area contributed by atoms with E-state index in [-0.39, 0.29) is 31.6 Å². The van der Waals surface area contributed by atoms with Crippen molar-refractivity contribution in [1.29, 1.82) is 0 Å². The standard InChI is InChI=1S/C26H41NO5/c1-2-3-4-5-6-7-8-9-10-11-12-13-14-15-16-17-18-21-24(28)27-23(26(31)32)20-19-22-25(29)30/h6-7,9-10,12-13,15-16,23H,2-5,8,11,14,17-22H2,1H3,(H,27,28)(H,29,30)(H,31,32)/b7-6-,10-9-,13-12-,16-15-/t23-/m1/s1. The molecular formula is C26H41NO5. The molecule has 6 heteroatoms. The minimum atomic E-state index is -1.14. The van der Waals surface area contributed by atoms with Crippen LogP contribution in [-0.4, -0.2) is 34.1 Å². The van der Waals surface area contributed by atoms with Crippen LogP contribution in [0.4, 0.5) is 0 Å². The maximum absolute atomic E-state index is 11.9. The minimum Gasteiger partial charge on any atom is -0.481 e. The Morgan fingerprint density at radius 2 is 1.25 bits per heavy atom. The Balaban J connectivity index is 3.78. The number of carboxylic acid groups (broad SMARTS) is 2. The van der Waals surface area contributed by atoms with Gasteiger partial charge in [0.25, 0.3) is 0 Å². The number of hydrogen-bond acceptors (Lipinski definition) is 3. The average molecular weight is 448 g/mol. The monoisotopic (exact) mass is 447 g/mol. The zero-order chi connectivity index (χ0) is 23.9. The Bertz CT molecular complexity index is 634. The average Bonchev–Trinajstić information content (AvgIpc) is 2.74. The zero-order valence-corrected chi connectivity index (χ0v) is 19.5. The van der Waals surface area contributed by atoms with E-state index in [4.69, 9.17) is 10.2 Å². The molecule has 0 aliphatic heterocycles. The summed E-state index contributed by atoms with van der Waals surface area (Å²) in [5, 5.41) is 20.2. The molecule has 0 aromatic carbocycles. The van der Waals surface area contributed by atoms with E-state index >= 15 is 0 Å². The second-order valence-electron chi connectivity index (χ2n) is 7.73. The highest BCUT2D eigenvalue weighted by Gasteiger charge is 2.19. The van der Waals surface area contributed by atoms with Gasteiger partial charge in [-0.05, 0) is 57.8 Å².